The van der Waals surface area contributed by atoms with E-state index in [9.17, 15) is 4.79 Å². The number of rotatable bonds is 8. The zero-order valence-corrected chi connectivity index (χ0v) is 19.8. The van der Waals surface area contributed by atoms with Crippen molar-refractivity contribution in [3.63, 3.8) is 0 Å². The standard InChI is InChI=1S/C26H29N5O2S/c32-23(28-19-8-2-1-3-9-19)13-16-31-25(24(29-26(31)34)21-11-4-5-14-27-21)22-12-6-15-30(22)18-20-10-7-17-33-20/h1-6,8-9,11-12,14-15,20,24-25H,7,10,13,16-18H2,(H,28,32)(H,29,34)/t20-,24-,25+/m0/s1. The average molecular weight is 476 g/mol. The number of thiocarbonyl (C=S) groups is 1. The Morgan fingerprint density at radius 2 is 2.00 bits per heavy atom. The Bertz CT molecular complexity index is 1110. The van der Waals surface area contributed by atoms with Crippen molar-refractivity contribution in [2.24, 2.45) is 0 Å². The molecule has 2 N–H and O–H groups in total. The van der Waals surface area contributed by atoms with Crippen LogP contribution in [0.15, 0.2) is 73.1 Å². The van der Waals surface area contributed by atoms with E-state index >= 15 is 0 Å². The summed E-state index contributed by atoms with van der Waals surface area (Å²) < 4.78 is 8.16. The summed E-state index contributed by atoms with van der Waals surface area (Å²) in [6, 6.07) is 19.5. The lowest BCUT2D eigenvalue weighted by atomic mass is 10.0. The number of anilines is 1. The topological polar surface area (TPSA) is 71.4 Å². The van der Waals surface area contributed by atoms with Crippen LogP contribution in [0.3, 0.4) is 0 Å². The van der Waals surface area contributed by atoms with Crippen molar-refractivity contribution in [3.8, 4) is 0 Å². The number of benzene rings is 1. The molecule has 2 fully saturated rings. The van der Waals surface area contributed by atoms with Crippen molar-refractivity contribution in [2.75, 3.05) is 18.5 Å². The van der Waals surface area contributed by atoms with E-state index in [0.717, 1.165) is 43.1 Å². The largest absolute Gasteiger partial charge is 0.376 e. The number of amides is 1. The Balaban J connectivity index is 1.38. The molecule has 176 valence electrons. The number of pyridine rings is 1. The van der Waals surface area contributed by atoms with E-state index in [0.29, 0.717) is 18.1 Å². The quantitative estimate of drug-likeness (QED) is 0.479. The molecule has 0 saturated carbocycles. The van der Waals surface area contributed by atoms with Crippen LogP contribution in [-0.2, 0) is 16.1 Å². The molecule has 2 aliphatic rings. The lowest BCUT2D eigenvalue weighted by molar-refractivity contribution is -0.116. The van der Waals surface area contributed by atoms with Crippen LogP contribution in [0, 0.1) is 0 Å². The fraction of sp³-hybridized carbons (Fsp3) is 0.346. The predicted octanol–water partition coefficient (Wildman–Crippen LogP) is 4.06. The normalized spacial score (nSPS) is 22.1. The van der Waals surface area contributed by atoms with Crippen LogP contribution < -0.4 is 10.6 Å². The number of ether oxygens (including phenoxy) is 1. The van der Waals surface area contributed by atoms with Crippen molar-refractivity contribution in [1.29, 1.82) is 0 Å². The summed E-state index contributed by atoms with van der Waals surface area (Å²) in [6.45, 7) is 2.14. The Hall–Kier alpha value is -3.23. The summed E-state index contributed by atoms with van der Waals surface area (Å²) in [6.07, 6.45) is 6.65. The summed E-state index contributed by atoms with van der Waals surface area (Å²) >= 11 is 5.76. The molecular formula is C26H29N5O2S. The highest BCUT2D eigenvalue weighted by molar-refractivity contribution is 7.80. The highest BCUT2D eigenvalue weighted by Crippen LogP contribution is 2.39. The van der Waals surface area contributed by atoms with Crippen LogP contribution in [0.2, 0.25) is 0 Å². The fourth-order valence-corrected chi connectivity index (χ4v) is 5.14. The summed E-state index contributed by atoms with van der Waals surface area (Å²) in [7, 11) is 0. The first kappa shape index (κ1) is 22.6. The third-order valence-electron chi connectivity index (χ3n) is 6.43. The first-order chi connectivity index (χ1) is 16.7. The second-order valence-corrected chi connectivity index (χ2v) is 9.09. The van der Waals surface area contributed by atoms with Gasteiger partial charge >= 0.3 is 0 Å². The fourth-order valence-electron chi connectivity index (χ4n) is 4.80. The van der Waals surface area contributed by atoms with Gasteiger partial charge in [-0.15, -0.1) is 0 Å². The number of nitrogens with one attached hydrogen (secondary N) is 2. The molecule has 2 aromatic heterocycles. The van der Waals surface area contributed by atoms with Crippen molar-refractivity contribution in [2.45, 2.75) is 44.0 Å². The molecule has 0 spiro atoms. The molecule has 2 aliphatic heterocycles. The van der Waals surface area contributed by atoms with E-state index in [1.54, 1.807) is 6.20 Å². The molecule has 1 aromatic carbocycles. The second-order valence-electron chi connectivity index (χ2n) is 8.70. The Kier molecular flexibility index (Phi) is 6.87. The second kappa shape index (κ2) is 10.4. The zero-order valence-electron chi connectivity index (χ0n) is 19.0. The van der Waals surface area contributed by atoms with Crippen molar-refractivity contribution >= 4 is 28.9 Å². The molecule has 7 nitrogen and oxygen atoms in total. The number of carbonyl (C=O) groups is 1. The smallest absolute Gasteiger partial charge is 0.226 e. The maximum Gasteiger partial charge on any atom is 0.226 e. The molecule has 5 rings (SSSR count). The van der Waals surface area contributed by atoms with E-state index in [4.69, 9.17) is 17.0 Å². The molecule has 2 saturated heterocycles. The third kappa shape index (κ3) is 4.98. The van der Waals surface area contributed by atoms with E-state index in [1.165, 1.54) is 0 Å². The molecule has 0 bridgehead atoms. The summed E-state index contributed by atoms with van der Waals surface area (Å²) in [4.78, 5) is 19.4. The van der Waals surface area contributed by atoms with E-state index in [1.807, 2.05) is 48.5 Å². The Morgan fingerprint density at radius 1 is 1.15 bits per heavy atom. The number of nitrogens with zero attached hydrogens (tertiary/aromatic N) is 3. The SMILES string of the molecule is O=C(CCN1C(=S)N[C@@H](c2ccccn2)[C@H]1c1cccn1C[C@@H]1CCCO1)Nc1ccccc1. The Labute approximate surface area is 205 Å². The van der Waals surface area contributed by atoms with Crippen LogP contribution in [0.1, 0.15) is 42.7 Å². The van der Waals surface area contributed by atoms with Crippen molar-refractivity contribution in [1.82, 2.24) is 19.8 Å². The van der Waals surface area contributed by atoms with E-state index < -0.39 is 0 Å². The van der Waals surface area contributed by atoms with Gasteiger partial charge in [-0.1, -0.05) is 24.3 Å². The van der Waals surface area contributed by atoms with Gasteiger partial charge in [0.25, 0.3) is 0 Å². The maximum atomic E-state index is 12.7. The highest BCUT2D eigenvalue weighted by Gasteiger charge is 2.41. The number of hydrogen-bond acceptors (Lipinski definition) is 4. The summed E-state index contributed by atoms with van der Waals surface area (Å²) in [5.74, 6) is -0.0382. The first-order valence-electron chi connectivity index (χ1n) is 11.8. The molecule has 8 heteroatoms. The van der Waals surface area contributed by atoms with Crippen molar-refractivity contribution in [3.05, 3.63) is 84.4 Å². The van der Waals surface area contributed by atoms with Crippen LogP contribution in [0.4, 0.5) is 5.69 Å². The van der Waals surface area contributed by atoms with Gasteiger partial charge < -0.3 is 24.8 Å². The number of carbonyl (C=O) groups excluding carboxylic acids is 1. The molecule has 4 heterocycles. The molecule has 3 atom stereocenters. The molecule has 34 heavy (non-hydrogen) atoms. The molecular weight excluding hydrogens is 446 g/mol. The summed E-state index contributed by atoms with van der Waals surface area (Å²) in [5.41, 5.74) is 2.86. The van der Waals surface area contributed by atoms with Gasteiger partial charge in [0.2, 0.25) is 5.91 Å². The van der Waals surface area contributed by atoms with E-state index in [-0.39, 0.29) is 24.1 Å². The lowest BCUT2D eigenvalue weighted by Gasteiger charge is -2.29. The number of para-hydroxylation sites is 1. The molecule has 1 amide bonds. The lowest BCUT2D eigenvalue weighted by Crippen LogP contribution is -2.33. The minimum absolute atomic E-state index is 0.0382. The van der Waals surface area contributed by atoms with Gasteiger partial charge in [-0.25, -0.2) is 0 Å². The minimum Gasteiger partial charge on any atom is -0.376 e. The maximum absolute atomic E-state index is 12.7. The molecule has 3 aromatic rings. The minimum atomic E-state index is -0.107. The predicted molar refractivity (Wildman–Crippen MR) is 135 cm³/mol. The number of hydrogen-bond donors (Lipinski definition) is 2. The van der Waals surface area contributed by atoms with E-state index in [2.05, 4.69) is 43.4 Å². The first-order valence-corrected chi connectivity index (χ1v) is 12.2. The monoisotopic (exact) mass is 475 g/mol. The van der Waals surface area contributed by atoms with Gasteiger partial charge in [0.05, 0.1) is 23.9 Å². The van der Waals surface area contributed by atoms with Gasteiger partial charge in [-0.2, -0.15) is 0 Å². The van der Waals surface area contributed by atoms with Gasteiger partial charge in [-0.3, -0.25) is 9.78 Å². The molecule has 0 radical (unpaired) electrons. The highest BCUT2D eigenvalue weighted by atomic mass is 32.1. The molecule has 0 aliphatic carbocycles. The average Bonchev–Trinajstić information content (AvgIpc) is 3.60. The van der Waals surface area contributed by atoms with Crippen LogP contribution in [0.25, 0.3) is 0 Å². The molecule has 0 unspecified atom stereocenters. The van der Waals surface area contributed by atoms with Crippen LogP contribution in [0.5, 0.6) is 0 Å². The van der Waals surface area contributed by atoms with Crippen LogP contribution in [-0.4, -0.2) is 44.7 Å². The van der Waals surface area contributed by atoms with Gasteiger partial charge in [0, 0.05) is 49.9 Å². The number of aromatic nitrogens is 2. The van der Waals surface area contributed by atoms with Gasteiger partial charge in [-0.05, 0) is 61.5 Å². The van der Waals surface area contributed by atoms with Crippen LogP contribution >= 0.6 is 12.2 Å². The van der Waals surface area contributed by atoms with Crippen molar-refractivity contribution < 1.29 is 9.53 Å². The zero-order chi connectivity index (χ0) is 23.3. The summed E-state index contributed by atoms with van der Waals surface area (Å²) in [5, 5.41) is 7.08. The Morgan fingerprint density at radius 3 is 2.76 bits per heavy atom. The third-order valence-corrected chi connectivity index (χ3v) is 6.78. The van der Waals surface area contributed by atoms with Gasteiger partial charge in [0.1, 0.15) is 0 Å². The van der Waals surface area contributed by atoms with Gasteiger partial charge in [0.15, 0.2) is 5.11 Å².